The highest BCUT2D eigenvalue weighted by molar-refractivity contribution is 5.88. The SMILES string of the molecule is Cc1ccc(C)c(N2CCN(C(=O)Cn3ncc4c(N5CCCCC5)ncnc43)CC2)c1. The number of aryl methyl sites for hydroxylation is 2. The first-order valence-electron chi connectivity index (χ1n) is 11.6. The molecule has 0 spiro atoms. The number of anilines is 2. The van der Waals surface area contributed by atoms with E-state index in [0.29, 0.717) is 0 Å². The number of fused-ring (bicyclic) bond motifs is 1. The lowest BCUT2D eigenvalue weighted by Crippen LogP contribution is -2.49. The van der Waals surface area contributed by atoms with Crippen LogP contribution in [0, 0.1) is 13.8 Å². The van der Waals surface area contributed by atoms with E-state index < -0.39 is 0 Å². The first kappa shape index (κ1) is 20.7. The van der Waals surface area contributed by atoms with Crippen LogP contribution in [-0.2, 0) is 11.3 Å². The van der Waals surface area contributed by atoms with Crippen molar-refractivity contribution < 1.29 is 4.79 Å². The molecule has 1 amide bonds. The zero-order valence-corrected chi connectivity index (χ0v) is 19.0. The van der Waals surface area contributed by atoms with Gasteiger partial charge in [-0.15, -0.1) is 0 Å². The minimum Gasteiger partial charge on any atom is -0.368 e. The number of hydrogen-bond acceptors (Lipinski definition) is 6. The van der Waals surface area contributed by atoms with E-state index in [1.807, 2.05) is 11.1 Å². The fraction of sp³-hybridized carbons (Fsp3) is 0.500. The third-order valence-electron chi connectivity index (χ3n) is 6.69. The van der Waals surface area contributed by atoms with E-state index in [1.165, 1.54) is 36.1 Å². The maximum absolute atomic E-state index is 13.1. The molecule has 0 atom stereocenters. The molecule has 0 aliphatic carbocycles. The van der Waals surface area contributed by atoms with Crippen LogP contribution in [0.5, 0.6) is 0 Å². The molecule has 2 fully saturated rings. The van der Waals surface area contributed by atoms with Crippen LogP contribution < -0.4 is 9.80 Å². The third-order valence-corrected chi connectivity index (χ3v) is 6.69. The molecule has 2 saturated heterocycles. The Kier molecular flexibility index (Phi) is 5.68. The number of piperidine rings is 1. The van der Waals surface area contributed by atoms with Gasteiger partial charge in [-0.2, -0.15) is 5.10 Å². The molecule has 168 valence electrons. The summed E-state index contributed by atoms with van der Waals surface area (Å²) in [6.45, 7) is 9.64. The maximum Gasteiger partial charge on any atom is 0.244 e. The van der Waals surface area contributed by atoms with Gasteiger partial charge in [0.25, 0.3) is 0 Å². The van der Waals surface area contributed by atoms with Crippen molar-refractivity contribution >= 4 is 28.4 Å². The Bertz CT molecular complexity index is 1110. The van der Waals surface area contributed by atoms with Crippen LogP contribution in [-0.4, -0.2) is 69.8 Å². The molecule has 8 nitrogen and oxygen atoms in total. The van der Waals surface area contributed by atoms with Crippen molar-refractivity contribution in [2.24, 2.45) is 0 Å². The molecule has 0 bridgehead atoms. The summed E-state index contributed by atoms with van der Waals surface area (Å²) in [7, 11) is 0. The summed E-state index contributed by atoms with van der Waals surface area (Å²) in [5.74, 6) is 1.03. The van der Waals surface area contributed by atoms with Crippen molar-refractivity contribution in [1.29, 1.82) is 0 Å². The summed E-state index contributed by atoms with van der Waals surface area (Å²) in [6, 6.07) is 6.56. The fourth-order valence-corrected chi connectivity index (χ4v) is 4.84. The Labute approximate surface area is 188 Å². The van der Waals surface area contributed by atoms with Gasteiger partial charge in [-0.3, -0.25) is 4.79 Å². The van der Waals surface area contributed by atoms with Crippen LogP contribution >= 0.6 is 0 Å². The predicted octanol–water partition coefficient (Wildman–Crippen LogP) is 2.78. The van der Waals surface area contributed by atoms with Crippen molar-refractivity contribution in [1.82, 2.24) is 24.6 Å². The molecule has 0 unspecified atom stereocenters. The van der Waals surface area contributed by atoms with Crippen molar-refractivity contribution in [3.63, 3.8) is 0 Å². The molecular formula is C24H31N7O. The maximum atomic E-state index is 13.1. The number of amides is 1. The Hall–Kier alpha value is -3.16. The second kappa shape index (κ2) is 8.76. The average molecular weight is 434 g/mol. The number of hydrogen-bond donors (Lipinski definition) is 0. The largest absolute Gasteiger partial charge is 0.368 e. The lowest BCUT2D eigenvalue weighted by molar-refractivity contribution is -0.132. The summed E-state index contributed by atoms with van der Waals surface area (Å²) in [5.41, 5.74) is 4.56. The standard InChI is InChI=1S/C24H31N7O/c1-18-6-7-19(2)21(14-18)28-10-12-29(13-11-28)22(32)16-31-24-20(15-27-31)23(25-17-26-24)30-8-4-3-5-9-30/h6-7,14-15,17H,3-5,8-13,16H2,1-2H3. The summed E-state index contributed by atoms with van der Waals surface area (Å²) in [5, 5.41) is 5.43. The highest BCUT2D eigenvalue weighted by atomic mass is 16.2. The lowest BCUT2D eigenvalue weighted by atomic mass is 10.1. The molecule has 1 aromatic carbocycles. The third kappa shape index (κ3) is 4.01. The Morgan fingerprint density at radius 1 is 0.938 bits per heavy atom. The van der Waals surface area contributed by atoms with Gasteiger partial charge in [-0.1, -0.05) is 12.1 Å². The van der Waals surface area contributed by atoms with Crippen LogP contribution in [0.1, 0.15) is 30.4 Å². The average Bonchev–Trinajstić information content (AvgIpc) is 3.24. The molecule has 2 aromatic heterocycles. The van der Waals surface area contributed by atoms with Gasteiger partial charge in [0, 0.05) is 45.0 Å². The Balaban J connectivity index is 1.26. The number of benzene rings is 1. The van der Waals surface area contributed by atoms with E-state index in [2.05, 4.69) is 56.9 Å². The number of rotatable bonds is 4. The highest BCUT2D eigenvalue weighted by Crippen LogP contribution is 2.26. The van der Waals surface area contributed by atoms with Crippen LogP contribution in [0.25, 0.3) is 11.0 Å². The second-order valence-electron chi connectivity index (χ2n) is 8.94. The minimum absolute atomic E-state index is 0.0914. The molecule has 5 rings (SSSR count). The van der Waals surface area contributed by atoms with E-state index in [9.17, 15) is 4.79 Å². The second-order valence-corrected chi connectivity index (χ2v) is 8.94. The zero-order chi connectivity index (χ0) is 22.1. The summed E-state index contributed by atoms with van der Waals surface area (Å²) < 4.78 is 1.73. The van der Waals surface area contributed by atoms with Gasteiger partial charge in [-0.05, 0) is 50.3 Å². The van der Waals surface area contributed by atoms with Crippen LogP contribution in [0.2, 0.25) is 0 Å². The van der Waals surface area contributed by atoms with Gasteiger partial charge in [0.1, 0.15) is 18.7 Å². The van der Waals surface area contributed by atoms with E-state index in [0.717, 1.165) is 56.1 Å². The molecule has 0 N–H and O–H groups in total. The Morgan fingerprint density at radius 3 is 2.50 bits per heavy atom. The monoisotopic (exact) mass is 433 g/mol. The van der Waals surface area contributed by atoms with E-state index in [4.69, 9.17) is 0 Å². The topological polar surface area (TPSA) is 70.4 Å². The lowest BCUT2D eigenvalue weighted by Gasteiger charge is -2.37. The van der Waals surface area contributed by atoms with Gasteiger partial charge in [0.05, 0.1) is 11.6 Å². The fourth-order valence-electron chi connectivity index (χ4n) is 4.84. The molecule has 3 aromatic rings. The molecule has 32 heavy (non-hydrogen) atoms. The van der Waals surface area contributed by atoms with E-state index in [-0.39, 0.29) is 12.5 Å². The number of carbonyl (C=O) groups excluding carboxylic acids is 1. The van der Waals surface area contributed by atoms with E-state index in [1.54, 1.807) is 11.0 Å². The number of nitrogens with zero attached hydrogens (tertiary/aromatic N) is 7. The Morgan fingerprint density at radius 2 is 1.72 bits per heavy atom. The van der Waals surface area contributed by atoms with Crippen LogP contribution in [0.4, 0.5) is 11.5 Å². The normalized spacial score (nSPS) is 17.2. The van der Waals surface area contributed by atoms with Crippen molar-refractivity contribution in [3.05, 3.63) is 41.9 Å². The van der Waals surface area contributed by atoms with Crippen molar-refractivity contribution in [3.8, 4) is 0 Å². The molecule has 2 aliphatic heterocycles. The van der Waals surface area contributed by atoms with Crippen LogP contribution in [0.15, 0.2) is 30.7 Å². The number of piperazine rings is 1. The molecule has 2 aliphatic rings. The molecule has 0 saturated carbocycles. The highest BCUT2D eigenvalue weighted by Gasteiger charge is 2.24. The first-order chi connectivity index (χ1) is 15.6. The zero-order valence-electron chi connectivity index (χ0n) is 19.0. The van der Waals surface area contributed by atoms with Crippen molar-refractivity contribution in [2.75, 3.05) is 49.1 Å². The first-order valence-corrected chi connectivity index (χ1v) is 11.6. The van der Waals surface area contributed by atoms with Gasteiger partial charge in [0.2, 0.25) is 5.91 Å². The molecular weight excluding hydrogens is 402 g/mol. The van der Waals surface area contributed by atoms with E-state index >= 15 is 0 Å². The molecule has 0 radical (unpaired) electrons. The summed E-state index contributed by atoms with van der Waals surface area (Å²) in [6.07, 6.45) is 7.05. The smallest absolute Gasteiger partial charge is 0.244 e. The number of carbonyl (C=O) groups is 1. The van der Waals surface area contributed by atoms with Crippen molar-refractivity contribution in [2.45, 2.75) is 39.7 Å². The van der Waals surface area contributed by atoms with Gasteiger partial charge < -0.3 is 14.7 Å². The predicted molar refractivity (Wildman–Crippen MR) is 126 cm³/mol. The quantitative estimate of drug-likeness (QED) is 0.630. The summed E-state index contributed by atoms with van der Waals surface area (Å²) in [4.78, 5) is 28.7. The minimum atomic E-state index is 0.0914. The van der Waals surface area contributed by atoms with Gasteiger partial charge in [0.15, 0.2) is 5.65 Å². The molecule has 4 heterocycles. The van der Waals surface area contributed by atoms with Gasteiger partial charge in [-0.25, -0.2) is 14.6 Å². The summed E-state index contributed by atoms with van der Waals surface area (Å²) >= 11 is 0. The van der Waals surface area contributed by atoms with Crippen LogP contribution in [0.3, 0.4) is 0 Å². The van der Waals surface area contributed by atoms with Gasteiger partial charge >= 0.3 is 0 Å². The molecule has 8 heteroatoms. The number of aromatic nitrogens is 4.